The molecule has 3 aromatic heterocycles. The van der Waals surface area contributed by atoms with Crippen molar-refractivity contribution in [1.29, 1.82) is 0 Å². The minimum absolute atomic E-state index is 0.0419. The molecular weight excluding hydrogens is 414 g/mol. The highest BCUT2D eigenvalue weighted by atomic mass is 16.1. The maximum atomic E-state index is 12.8. The van der Waals surface area contributed by atoms with Crippen LogP contribution in [-0.4, -0.2) is 38.7 Å². The van der Waals surface area contributed by atoms with Gasteiger partial charge in [0.2, 0.25) is 0 Å². The second-order valence-electron chi connectivity index (χ2n) is 9.76. The van der Waals surface area contributed by atoms with Crippen LogP contribution in [0.5, 0.6) is 0 Å². The van der Waals surface area contributed by atoms with Gasteiger partial charge in [0.25, 0.3) is 5.91 Å². The fourth-order valence-corrected chi connectivity index (χ4v) is 5.63. The van der Waals surface area contributed by atoms with Crippen LogP contribution in [0.3, 0.4) is 0 Å². The largest absolute Gasteiger partial charge is 0.383 e. The van der Waals surface area contributed by atoms with Crippen LogP contribution in [0.2, 0.25) is 0 Å². The van der Waals surface area contributed by atoms with Crippen LogP contribution in [0.4, 0.5) is 11.6 Å². The molecule has 4 atom stereocenters. The van der Waals surface area contributed by atoms with E-state index in [0.29, 0.717) is 17.9 Å². The van der Waals surface area contributed by atoms with E-state index in [1.165, 1.54) is 0 Å². The van der Waals surface area contributed by atoms with E-state index >= 15 is 0 Å². The van der Waals surface area contributed by atoms with Gasteiger partial charge in [0.05, 0.1) is 24.3 Å². The Balaban J connectivity index is 1.11. The van der Waals surface area contributed by atoms with E-state index in [1.54, 1.807) is 23.3 Å². The fraction of sp³-hybridized carbons (Fsp3) is 0.440. The Kier molecular flexibility index (Phi) is 4.64. The van der Waals surface area contributed by atoms with Gasteiger partial charge in [0, 0.05) is 31.2 Å². The van der Waals surface area contributed by atoms with Crippen LogP contribution < -0.4 is 16.0 Å². The van der Waals surface area contributed by atoms with Gasteiger partial charge in [0.1, 0.15) is 11.6 Å². The van der Waals surface area contributed by atoms with Crippen molar-refractivity contribution in [3.8, 4) is 0 Å². The average Bonchev–Trinajstić information content (AvgIpc) is 3.31. The Morgan fingerprint density at radius 2 is 2.06 bits per heavy atom. The molecule has 3 N–H and O–H groups in total. The number of aryl methyl sites for hydroxylation is 1. The minimum atomic E-state index is -0.124. The Bertz CT molecular complexity index is 1220. The SMILES string of the molecule is Cc1nc(N2CC3C(C)[C@@H]3C2)ccc1Cn1cc(C(=O)N[C@@H]2CCc3c2ccnc3N)cn1. The minimum Gasteiger partial charge on any atom is -0.383 e. The zero-order chi connectivity index (χ0) is 22.7. The Labute approximate surface area is 193 Å². The van der Waals surface area contributed by atoms with Crippen LogP contribution in [0.15, 0.2) is 36.8 Å². The lowest BCUT2D eigenvalue weighted by atomic mass is 10.1. The third-order valence-corrected chi connectivity index (χ3v) is 7.84. The van der Waals surface area contributed by atoms with E-state index in [2.05, 4.69) is 39.4 Å². The maximum absolute atomic E-state index is 12.8. The number of carbonyl (C=O) groups excluding carboxylic acids is 1. The summed E-state index contributed by atoms with van der Waals surface area (Å²) < 4.78 is 1.80. The molecule has 1 saturated carbocycles. The van der Waals surface area contributed by atoms with Crippen LogP contribution in [0.1, 0.15) is 52.1 Å². The molecule has 4 heterocycles. The fourth-order valence-electron chi connectivity index (χ4n) is 5.63. The molecule has 8 nitrogen and oxygen atoms in total. The van der Waals surface area contributed by atoms with Gasteiger partial charge in [-0.05, 0) is 66.3 Å². The lowest BCUT2D eigenvalue weighted by molar-refractivity contribution is 0.0936. The summed E-state index contributed by atoms with van der Waals surface area (Å²) in [5.74, 6) is 4.10. The first-order valence-electron chi connectivity index (χ1n) is 11.8. The van der Waals surface area contributed by atoms with Crippen molar-refractivity contribution >= 4 is 17.5 Å². The van der Waals surface area contributed by atoms with Crippen molar-refractivity contribution in [2.75, 3.05) is 23.7 Å². The molecule has 0 spiro atoms. The van der Waals surface area contributed by atoms with Crippen LogP contribution in [-0.2, 0) is 13.0 Å². The third-order valence-electron chi connectivity index (χ3n) is 7.84. The van der Waals surface area contributed by atoms with Gasteiger partial charge in [0.15, 0.2) is 0 Å². The number of anilines is 2. The van der Waals surface area contributed by atoms with Gasteiger partial charge < -0.3 is 16.0 Å². The van der Waals surface area contributed by atoms with Crippen LogP contribution in [0, 0.1) is 24.7 Å². The van der Waals surface area contributed by atoms with E-state index in [-0.39, 0.29) is 11.9 Å². The first-order chi connectivity index (χ1) is 16.0. The van der Waals surface area contributed by atoms with E-state index in [4.69, 9.17) is 10.7 Å². The highest BCUT2D eigenvalue weighted by molar-refractivity contribution is 5.94. The number of rotatable bonds is 5. The van der Waals surface area contributed by atoms with Crippen LogP contribution in [0.25, 0.3) is 0 Å². The smallest absolute Gasteiger partial charge is 0.254 e. The molecule has 3 aromatic rings. The Hall–Kier alpha value is -3.42. The predicted molar refractivity (Wildman–Crippen MR) is 126 cm³/mol. The van der Waals surface area contributed by atoms with E-state index in [9.17, 15) is 4.79 Å². The first-order valence-corrected chi connectivity index (χ1v) is 11.8. The summed E-state index contributed by atoms with van der Waals surface area (Å²) in [6.45, 7) is 7.25. The normalized spacial score (nSPS) is 25.1. The first kappa shape index (κ1) is 20.2. The van der Waals surface area contributed by atoms with Gasteiger partial charge in [-0.15, -0.1) is 0 Å². The summed E-state index contributed by atoms with van der Waals surface area (Å²) in [5.41, 5.74) is 10.8. The number of amides is 1. The van der Waals surface area contributed by atoms with Gasteiger partial charge in [-0.1, -0.05) is 13.0 Å². The summed E-state index contributed by atoms with van der Waals surface area (Å²) >= 11 is 0. The highest BCUT2D eigenvalue weighted by Crippen LogP contribution is 2.51. The van der Waals surface area contributed by atoms with Gasteiger partial charge in [-0.2, -0.15) is 5.10 Å². The topological polar surface area (TPSA) is 102 Å². The second kappa shape index (κ2) is 7.57. The number of nitrogens with one attached hydrogen (secondary N) is 1. The Morgan fingerprint density at radius 3 is 2.85 bits per heavy atom. The van der Waals surface area contributed by atoms with Crippen molar-refractivity contribution in [3.05, 3.63) is 64.7 Å². The molecule has 0 aromatic carbocycles. The number of nitrogens with zero attached hydrogens (tertiary/aromatic N) is 5. The van der Waals surface area contributed by atoms with Gasteiger partial charge >= 0.3 is 0 Å². The van der Waals surface area contributed by atoms with E-state index in [0.717, 1.165) is 71.9 Å². The monoisotopic (exact) mass is 443 g/mol. The lowest BCUT2D eigenvalue weighted by Crippen LogP contribution is -2.26. The maximum Gasteiger partial charge on any atom is 0.254 e. The number of carbonyl (C=O) groups is 1. The van der Waals surface area contributed by atoms with Gasteiger partial charge in [-0.3, -0.25) is 9.48 Å². The average molecular weight is 444 g/mol. The molecule has 1 aliphatic heterocycles. The number of nitrogen functional groups attached to an aromatic ring is 1. The number of pyridine rings is 2. The molecule has 6 rings (SSSR count). The molecule has 170 valence electrons. The van der Waals surface area contributed by atoms with E-state index < -0.39 is 0 Å². The van der Waals surface area contributed by atoms with E-state index in [1.807, 2.05) is 13.0 Å². The highest BCUT2D eigenvalue weighted by Gasteiger charge is 2.52. The summed E-state index contributed by atoms with van der Waals surface area (Å²) in [7, 11) is 0. The third kappa shape index (κ3) is 3.53. The van der Waals surface area contributed by atoms with Crippen molar-refractivity contribution in [1.82, 2.24) is 25.1 Å². The number of hydrogen-bond acceptors (Lipinski definition) is 6. The number of nitrogens with two attached hydrogens (primary N) is 1. The van der Waals surface area contributed by atoms with Gasteiger partial charge in [-0.25, -0.2) is 9.97 Å². The Morgan fingerprint density at radius 1 is 1.24 bits per heavy atom. The number of aromatic nitrogens is 4. The second-order valence-corrected chi connectivity index (χ2v) is 9.76. The standard InChI is InChI=1S/C25H29N7O/c1-14-20-12-31(13-21(14)20)23-6-3-16(15(2)29-23)10-32-11-17(9-28-32)25(33)30-22-5-4-19-18(22)7-8-27-24(19)26/h3,6-9,11,14,20-22H,4-5,10,12-13H2,1-2H3,(H2,26,27)(H,30,33)/t14?,20-,21?,22+/m0/s1. The van der Waals surface area contributed by atoms with Crippen molar-refractivity contribution in [3.63, 3.8) is 0 Å². The number of fused-ring (bicyclic) bond motifs is 2. The quantitative estimate of drug-likeness (QED) is 0.629. The van der Waals surface area contributed by atoms with Crippen molar-refractivity contribution in [2.24, 2.45) is 17.8 Å². The van der Waals surface area contributed by atoms with Crippen molar-refractivity contribution < 1.29 is 4.79 Å². The molecule has 2 unspecified atom stereocenters. The molecule has 2 aliphatic carbocycles. The molecule has 8 heteroatoms. The number of hydrogen-bond donors (Lipinski definition) is 2. The van der Waals surface area contributed by atoms with Crippen molar-refractivity contribution in [2.45, 2.75) is 39.3 Å². The molecule has 3 aliphatic rings. The molecule has 0 bridgehead atoms. The molecule has 2 fully saturated rings. The summed E-state index contributed by atoms with van der Waals surface area (Å²) in [6, 6.07) is 6.16. The zero-order valence-electron chi connectivity index (χ0n) is 19.0. The lowest BCUT2D eigenvalue weighted by Gasteiger charge is -2.21. The molecule has 1 saturated heterocycles. The molecule has 0 radical (unpaired) electrons. The molecule has 33 heavy (non-hydrogen) atoms. The van der Waals surface area contributed by atoms with Crippen LogP contribution >= 0.6 is 0 Å². The summed E-state index contributed by atoms with van der Waals surface area (Å²) in [6.07, 6.45) is 6.79. The molecular formula is C25H29N7O. The predicted octanol–water partition coefficient (Wildman–Crippen LogP) is 2.73. The number of piperidine rings is 1. The zero-order valence-corrected chi connectivity index (χ0v) is 19.0. The molecule has 1 amide bonds. The summed E-state index contributed by atoms with van der Waals surface area (Å²) in [5, 5.41) is 7.54. The summed E-state index contributed by atoms with van der Waals surface area (Å²) in [4.78, 5) is 24.3.